The molecule has 0 saturated heterocycles. The van der Waals surface area contributed by atoms with Gasteiger partial charge >= 0.3 is 0 Å². The van der Waals surface area contributed by atoms with E-state index in [1.807, 2.05) is 24.3 Å². The van der Waals surface area contributed by atoms with Gasteiger partial charge in [0.2, 0.25) is 0 Å². The van der Waals surface area contributed by atoms with Crippen LogP contribution >= 0.6 is 0 Å². The zero-order valence-corrected chi connectivity index (χ0v) is 33.4. The molecule has 61 heavy (non-hydrogen) atoms. The predicted octanol–water partition coefficient (Wildman–Crippen LogP) is 14.2. The van der Waals surface area contributed by atoms with Gasteiger partial charge in [0.25, 0.3) is 0 Å². The third-order valence-corrected chi connectivity index (χ3v) is 12.0. The van der Waals surface area contributed by atoms with Crippen molar-refractivity contribution in [2.45, 2.75) is 5.41 Å². The van der Waals surface area contributed by atoms with Crippen molar-refractivity contribution in [3.05, 3.63) is 259 Å². The lowest BCUT2D eigenvalue weighted by atomic mass is 9.67. The molecule has 0 unspecified atom stereocenters. The van der Waals surface area contributed by atoms with Gasteiger partial charge in [-0.3, -0.25) is 0 Å². The second kappa shape index (κ2) is 15.3. The minimum atomic E-state index is -0.509. The molecule has 9 aromatic carbocycles. The largest absolute Gasteiger partial charge is 0.208 e. The number of rotatable bonds is 8. The molecular weight excluding hydrogens is 739 g/mol. The van der Waals surface area contributed by atoms with Crippen LogP contribution in [0.4, 0.5) is 0 Å². The number of hydrogen-bond donors (Lipinski definition) is 0. The Kier molecular flexibility index (Phi) is 9.05. The maximum absolute atomic E-state index is 5.14. The Bertz CT molecular complexity index is 3110. The highest BCUT2D eigenvalue weighted by atomic mass is 15.0. The Morgan fingerprint density at radius 2 is 0.639 bits per heavy atom. The minimum absolute atomic E-state index is 0.509. The summed E-state index contributed by atoms with van der Waals surface area (Å²) in [5, 5.41) is 0. The van der Waals surface area contributed by atoms with Crippen LogP contribution in [0.3, 0.4) is 0 Å². The molecule has 1 heterocycles. The van der Waals surface area contributed by atoms with Crippen LogP contribution in [0, 0.1) is 0 Å². The first-order valence-electron chi connectivity index (χ1n) is 20.8. The van der Waals surface area contributed by atoms with E-state index < -0.39 is 5.41 Å². The lowest BCUT2D eigenvalue weighted by molar-refractivity contribution is 0.769. The standard InChI is InChI=1S/C58H39N3/c1-6-19-40(20-7-1)45-25-18-26-46(37-45)57-60-55(43-23-10-3-11-24-43)59-56(61-57)44-35-33-42(34-36-44)51-39-54-52(38-50(51)41-21-8-2-9-22-41)49-31-16-17-32-53(49)58(54,47-27-12-4-13-28-47)48-29-14-5-15-30-48/h1-39H. The third kappa shape index (κ3) is 6.35. The SMILES string of the molecule is c1ccc(-c2cccc(-c3nc(-c4ccccc4)nc(-c4ccc(-c5cc6c(cc5-c5ccccc5)-c5ccccc5C6(c5ccccc5)c5ccccc5)cc4)n3)c2)cc1. The summed E-state index contributed by atoms with van der Waals surface area (Å²) in [6, 6.07) is 84.3. The summed E-state index contributed by atoms with van der Waals surface area (Å²) < 4.78 is 0. The second-order valence-corrected chi connectivity index (χ2v) is 15.5. The molecule has 1 aliphatic carbocycles. The van der Waals surface area contributed by atoms with Crippen molar-refractivity contribution in [2.75, 3.05) is 0 Å². The minimum Gasteiger partial charge on any atom is -0.208 e. The van der Waals surface area contributed by atoms with Crippen LogP contribution in [0.5, 0.6) is 0 Å². The molecule has 1 aromatic heterocycles. The summed E-state index contributed by atoms with van der Waals surface area (Å²) in [5.41, 5.74) is 16.8. The first-order chi connectivity index (χ1) is 30.2. The Balaban J connectivity index is 1.09. The van der Waals surface area contributed by atoms with Gasteiger partial charge in [-0.05, 0) is 85.0 Å². The lowest BCUT2D eigenvalue weighted by Gasteiger charge is -2.34. The smallest absolute Gasteiger partial charge is 0.164 e. The van der Waals surface area contributed by atoms with Gasteiger partial charge in [0.15, 0.2) is 17.5 Å². The van der Waals surface area contributed by atoms with Crippen LogP contribution < -0.4 is 0 Å². The van der Waals surface area contributed by atoms with Gasteiger partial charge in [0.05, 0.1) is 5.41 Å². The molecule has 0 radical (unpaired) electrons. The highest BCUT2D eigenvalue weighted by molar-refractivity contribution is 5.95. The molecule has 0 fully saturated rings. The summed E-state index contributed by atoms with van der Waals surface area (Å²) in [5.74, 6) is 1.89. The van der Waals surface area contributed by atoms with Crippen molar-refractivity contribution in [3.8, 4) is 78.7 Å². The zero-order valence-electron chi connectivity index (χ0n) is 33.4. The van der Waals surface area contributed by atoms with Gasteiger partial charge in [0.1, 0.15) is 0 Å². The molecule has 0 atom stereocenters. The Morgan fingerprint density at radius 3 is 1.25 bits per heavy atom. The van der Waals surface area contributed by atoms with Gasteiger partial charge in [-0.2, -0.15) is 0 Å². The maximum Gasteiger partial charge on any atom is 0.164 e. The van der Waals surface area contributed by atoms with E-state index >= 15 is 0 Å². The fourth-order valence-corrected chi connectivity index (χ4v) is 9.20. The zero-order chi connectivity index (χ0) is 40.6. The normalized spacial score (nSPS) is 12.4. The highest BCUT2D eigenvalue weighted by Crippen LogP contribution is 2.58. The van der Waals surface area contributed by atoms with E-state index in [-0.39, 0.29) is 0 Å². The molecule has 3 heteroatoms. The number of hydrogen-bond acceptors (Lipinski definition) is 3. The average Bonchev–Trinajstić information content (AvgIpc) is 3.65. The number of nitrogens with zero attached hydrogens (tertiary/aromatic N) is 3. The van der Waals surface area contributed by atoms with Gasteiger partial charge in [-0.1, -0.05) is 218 Å². The second-order valence-electron chi connectivity index (χ2n) is 15.5. The topological polar surface area (TPSA) is 38.7 Å². The molecule has 0 spiro atoms. The van der Waals surface area contributed by atoms with E-state index in [4.69, 9.17) is 15.0 Å². The van der Waals surface area contributed by atoms with Gasteiger partial charge in [0, 0.05) is 16.7 Å². The molecule has 3 nitrogen and oxygen atoms in total. The van der Waals surface area contributed by atoms with Crippen LogP contribution in [-0.4, -0.2) is 15.0 Å². The van der Waals surface area contributed by atoms with E-state index in [1.165, 1.54) is 50.1 Å². The molecule has 286 valence electrons. The van der Waals surface area contributed by atoms with Crippen molar-refractivity contribution < 1.29 is 0 Å². The van der Waals surface area contributed by atoms with Crippen LogP contribution in [0.1, 0.15) is 22.3 Å². The van der Waals surface area contributed by atoms with Gasteiger partial charge < -0.3 is 0 Å². The van der Waals surface area contributed by atoms with Crippen LogP contribution in [0.2, 0.25) is 0 Å². The van der Waals surface area contributed by atoms with Crippen LogP contribution in [0.25, 0.3) is 78.7 Å². The van der Waals surface area contributed by atoms with E-state index in [9.17, 15) is 0 Å². The number of fused-ring (bicyclic) bond motifs is 3. The highest BCUT2D eigenvalue weighted by Gasteiger charge is 2.46. The van der Waals surface area contributed by atoms with Crippen LogP contribution in [0.15, 0.2) is 237 Å². The van der Waals surface area contributed by atoms with Gasteiger partial charge in [-0.25, -0.2) is 15.0 Å². The summed E-state index contributed by atoms with van der Waals surface area (Å²) >= 11 is 0. The average molecular weight is 778 g/mol. The number of benzene rings is 9. The molecular formula is C58H39N3. The monoisotopic (exact) mass is 777 g/mol. The molecule has 11 rings (SSSR count). The fraction of sp³-hybridized carbons (Fsp3) is 0.0172. The summed E-state index contributed by atoms with van der Waals surface area (Å²) in [4.78, 5) is 15.3. The quantitative estimate of drug-likeness (QED) is 0.154. The van der Waals surface area contributed by atoms with Crippen molar-refractivity contribution >= 4 is 0 Å². The molecule has 0 bridgehead atoms. The fourth-order valence-electron chi connectivity index (χ4n) is 9.20. The van der Waals surface area contributed by atoms with Crippen molar-refractivity contribution in [1.82, 2.24) is 15.0 Å². The lowest BCUT2D eigenvalue weighted by Crippen LogP contribution is -2.28. The summed E-state index contributed by atoms with van der Waals surface area (Å²) in [6.45, 7) is 0. The van der Waals surface area contributed by atoms with Crippen molar-refractivity contribution in [1.29, 1.82) is 0 Å². The molecule has 0 aliphatic heterocycles. The van der Waals surface area contributed by atoms with E-state index in [0.29, 0.717) is 17.5 Å². The first kappa shape index (κ1) is 36.1. The molecule has 0 saturated carbocycles. The van der Waals surface area contributed by atoms with Crippen molar-refractivity contribution in [2.24, 2.45) is 0 Å². The van der Waals surface area contributed by atoms with Crippen molar-refractivity contribution in [3.63, 3.8) is 0 Å². The summed E-state index contributed by atoms with van der Waals surface area (Å²) in [6.07, 6.45) is 0. The predicted molar refractivity (Wildman–Crippen MR) is 250 cm³/mol. The Hall–Kier alpha value is -8.01. The molecule has 10 aromatic rings. The maximum atomic E-state index is 5.14. The Labute approximate surface area is 356 Å². The summed E-state index contributed by atoms with van der Waals surface area (Å²) in [7, 11) is 0. The van der Waals surface area contributed by atoms with E-state index in [1.54, 1.807) is 0 Å². The molecule has 0 N–H and O–H groups in total. The van der Waals surface area contributed by atoms with Crippen LogP contribution in [-0.2, 0) is 5.41 Å². The molecule has 1 aliphatic rings. The first-order valence-corrected chi connectivity index (χ1v) is 20.8. The van der Waals surface area contributed by atoms with Gasteiger partial charge in [-0.15, -0.1) is 0 Å². The molecule has 0 amide bonds. The van der Waals surface area contributed by atoms with E-state index in [2.05, 4.69) is 212 Å². The Morgan fingerprint density at radius 1 is 0.230 bits per heavy atom. The van der Waals surface area contributed by atoms with E-state index in [0.717, 1.165) is 33.4 Å². The number of aromatic nitrogens is 3. The third-order valence-electron chi connectivity index (χ3n) is 12.0.